The Morgan fingerprint density at radius 1 is 1.16 bits per heavy atom. The molecule has 0 amide bonds. The van der Waals surface area contributed by atoms with E-state index >= 15 is 0 Å². The number of hydrogen-bond acceptors (Lipinski definition) is 8. The molecule has 2 N–H and O–H groups in total. The van der Waals surface area contributed by atoms with E-state index in [-0.39, 0.29) is 0 Å². The summed E-state index contributed by atoms with van der Waals surface area (Å²) in [7, 11) is 0. The molecule has 0 radical (unpaired) electrons. The van der Waals surface area contributed by atoms with Crippen LogP contribution >= 0.6 is 11.3 Å². The third-order valence-electron chi connectivity index (χ3n) is 6.50. The number of benzene rings is 1. The van der Waals surface area contributed by atoms with Gasteiger partial charge in [0.25, 0.3) is 0 Å². The molecule has 0 atom stereocenters. The highest BCUT2D eigenvalue weighted by Crippen LogP contribution is 2.44. The molecule has 166 valence electrons. The minimum atomic E-state index is -0.773. The Bertz CT molecular complexity index is 1100. The maximum Gasteiger partial charge on any atom is 0.223 e. The first-order valence-electron chi connectivity index (χ1n) is 11.4. The maximum absolute atomic E-state index is 12.0. The summed E-state index contributed by atoms with van der Waals surface area (Å²) in [4.78, 5) is 27.3. The van der Waals surface area contributed by atoms with Crippen molar-refractivity contribution in [2.45, 2.75) is 57.0 Å². The first kappa shape index (κ1) is 21.2. The summed E-state index contributed by atoms with van der Waals surface area (Å²) in [5.41, 5.74) is 3.11. The largest absolute Gasteiger partial charge is 0.351 e. The number of hydrogen-bond donors (Lipinski definition) is 2. The van der Waals surface area contributed by atoms with E-state index in [9.17, 15) is 4.91 Å². The minimum Gasteiger partial charge on any atom is -0.351 e. The lowest BCUT2D eigenvalue weighted by atomic mass is 9.90. The van der Waals surface area contributed by atoms with Crippen LogP contribution in [0, 0.1) is 11.8 Å². The highest BCUT2D eigenvalue weighted by Gasteiger charge is 2.39. The van der Waals surface area contributed by atoms with E-state index in [4.69, 9.17) is 9.97 Å². The Morgan fingerprint density at radius 3 is 2.72 bits per heavy atom. The van der Waals surface area contributed by atoms with Crippen LogP contribution in [0.25, 0.3) is 21.8 Å². The number of rotatable bonds is 6. The van der Waals surface area contributed by atoms with Crippen molar-refractivity contribution in [2.75, 3.05) is 18.4 Å². The summed E-state index contributed by atoms with van der Waals surface area (Å²) in [6, 6.07) is 10.7. The first-order chi connectivity index (χ1) is 15.7. The van der Waals surface area contributed by atoms with Crippen molar-refractivity contribution in [1.82, 2.24) is 20.3 Å². The molecule has 5 rings (SSSR count). The smallest absolute Gasteiger partial charge is 0.223 e. The summed E-state index contributed by atoms with van der Waals surface area (Å²) in [6.45, 7) is 3.61. The molecule has 0 spiro atoms. The summed E-state index contributed by atoms with van der Waals surface area (Å²) >= 11 is 1.54. The molecule has 0 bridgehead atoms. The maximum atomic E-state index is 12.0. The Morgan fingerprint density at radius 2 is 1.97 bits per heavy atom. The zero-order valence-corrected chi connectivity index (χ0v) is 19.1. The molecule has 3 heterocycles. The predicted octanol–water partition coefficient (Wildman–Crippen LogP) is 5.28. The van der Waals surface area contributed by atoms with E-state index in [1.165, 1.54) is 18.4 Å². The topological polar surface area (TPSA) is 92.2 Å². The lowest BCUT2D eigenvalue weighted by Gasteiger charge is -2.28. The van der Waals surface area contributed by atoms with Crippen molar-refractivity contribution in [3.05, 3.63) is 52.0 Å². The second-order valence-electron chi connectivity index (χ2n) is 8.83. The molecule has 8 heteroatoms. The lowest BCUT2D eigenvalue weighted by molar-refractivity contribution is 0.317. The van der Waals surface area contributed by atoms with Gasteiger partial charge in [-0.25, -0.2) is 15.0 Å². The van der Waals surface area contributed by atoms with Crippen LogP contribution in [0.4, 0.5) is 5.95 Å². The fraction of sp³-hybridized carbons (Fsp3) is 0.458. The number of thiazole rings is 1. The van der Waals surface area contributed by atoms with E-state index in [1.54, 1.807) is 17.5 Å². The standard InChI is InChI=1S/C24H28N6OS/c1-16-5-4-6-17(15-16)20-21(32-22(29-20)24(30-31)10-13-25-14-11-24)19-9-12-26-23(28-19)27-18-7-2-3-8-18/h4-6,9,12,15,18,25H,2-3,7-8,10-11,13-14H2,1H3,(H,26,27,28). The number of aryl methyl sites for hydroxylation is 1. The molecule has 1 saturated heterocycles. The van der Waals surface area contributed by atoms with Crippen LogP contribution in [0.1, 0.15) is 49.1 Å². The third-order valence-corrected chi connectivity index (χ3v) is 7.77. The molecule has 2 aromatic heterocycles. The normalized spacial score (nSPS) is 18.5. The van der Waals surface area contributed by atoms with Gasteiger partial charge >= 0.3 is 0 Å². The van der Waals surface area contributed by atoms with Gasteiger partial charge in [-0.15, -0.1) is 16.2 Å². The van der Waals surface area contributed by atoms with Crippen LogP contribution in [-0.2, 0) is 5.54 Å². The van der Waals surface area contributed by atoms with Gasteiger partial charge in [0.15, 0.2) is 5.54 Å². The van der Waals surface area contributed by atoms with Crippen LogP contribution in [0.3, 0.4) is 0 Å². The number of nitrogens with zero attached hydrogens (tertiary/aromatic N) is 4. The zero-order valence-electron chi connectivity index (χ0n) is 18.3. The van der Waals surface area contributed by atoms with Gasteiger partial charge in [0.1, 0.15) is 5.01 Å². The first-order valence-corrected chi connectivity index (χ1v) is 12.2. The molecule has 1 aliphatic heterocycles. The summed E-state index contributed by atoms with van der Waals surface area (Å²) in [5, 5.41) is 11.2. The molecule has 1 aromatic carbocycles. The molecular formula is C24H28N6OS. The van der Waals surface area contributed by atoms with Gasteiger partial charge in [-0.2, -0.15) is 0 Å². The fourth-order valence-corrected chi connectivity index (χ4v) is 5.91. The molecule has 2 fully saturated rings. The second kappa shape index (κ2) is 9.03. The number of nitrogens with one attached hydrogen (secondary N) is 2. The molecule has 7 nitrogen and oxygen atoms in total. The van der Waals surface area contributed by atoms with Crippen molar-refractivity contribution in [3.8, 4) is 21.8 Å². The van der Waals surface area contributed by atoms with Crippen LogP contribution in [0.15, 0.2) is 41.7 Å². The lowest BCUT2D eigenvalue weighted by Crippen LogP contribution is -2.38. The second-order valence-corrected chi connectivity index (χ2v) is 9.83. The Kier molecular flexibility index (Phi) is 5.97. The number of nitroso groups, excluding NO2 is 1. The number of anilines is 1. The molecule has 0 unspecified atom stereocenters. The summed E-state index contributed by atoms with van der Waals surface area (Å²) in [6.07, 6.45) is 7.95. The molecule has 32 heavy (non-hydrogen) atoms. The van der Waals surface area contributed by atoms with E-state index in [0.717, 1.165) is 52.8 Å². The van der Waals surface area contributed by atoms with Gasteiger partial charge in [0.05, 0.1) is 16.3 Å². The van der Waals surface area contributed by atoms with Crippen molar-refractivity contribution < 1.29 is 0 Å². The van der Waals surface area contributed by atoms with E-state index < -0.39 is 5.54 Å². The van der Waals surface area contributed by atoms with Gasteiger partial charge in [-0.05, 0) is 57.8 Å². The van der Waals surface area contributed by atoms with Crippen LogP contribution in [0.5, 0.6) is 0 Å². The van der Waals surface area contributed by atoms with E-state index in [1.807, 2.05) is 12.1 Å². The third kappa shape index (κ3) is 4.17. The zero-order chi connectivity index (χ0) is 22.0. The molecule has 3 aromatic rings. The van der Waals surface area contributed by atoms with Crippen molar-refractivity contribution in [2.24, 2.45) is 5.18 Å². The molecule has 1 aliphatic carbocycles. The monoisotopic (exact) mass is 448 g/mol. The van der Waals surface area contributed by atoms with E-state index in [0.29, 0.717) is 24.8 Å². The number of aromatic nitrogens is 3. The van der Waals surface area contributed by atoms with Crippen molar-refractivity contribution in [1.29, 1.82) is 0 Å². The van der Waals surface area contributed by atoms with Crippen molar-refractivity contribution in [3.63, 3.8) is 0 Å². The van der Waals surface area contributed by atoms with Crippen molar-refractivity contribution >= 4 is 17.3 Å². The van der Waals surface area contributed by atoms with Crippen LogP contribution in [-0.4, -0.2) is 34.1 Å². The molecule has 1 saturated carbocycles. The average Bonchev–Trinajstić information content (AvgIpc) is 3.50. The average molecular weight is 449 g/mol. The Labute approximate surface area is 192 Å². The van der Waals surface area contributed by atoms with Crippen LogP contribution < -0.4 is 10.6 Å². The minimum absolute atomic E-state index is 0.441. The quantitative estimate of drug-likeness (QED) is 0.499. The van der Waals surface area contributed by atoms with Gasteiger partial charge < -0.3 is 10.6 Å². The highest BCUT2D eigenvalue weighted by molar-refractivity contribution is 7.15. The van der Waals surface area contributed by atoms with Crippen LogP contribution in [0.2, 0.25) is 0 Å². The SMILES string of the molecule is Cc1cccc(-c2nc(C3(N=O)CCNCC3)sc2-c2ccnc(NC3CCCC3)n2)c1. The predicted molar refractivity (Wildman–Crippen MR) is 129 cm³/mol. The highest BCUT2D eigenvalue weighted by atomic mass is 32.1. The number of piperidine rings is 1. The van der Waals surface area contributed by atoms with Gasteiger partial charge in [-0.1, -0.05) is 41.8 Å². The fourth-order valence-electron chi connectivity index (χ4n) is 4.67. The summed E-state index contributed by atoms with van der Waals surface area (Å²) < 4.78 is 0. The van der Waals surface area contributed by atoms with Gasteiger partial charge in [0, 0.05) is 17.8 Å². The van der Waals surface area contributed by atoms with Gasteiger partial charge in [0.2, 0.25) is 5.95 Å². The summed E-state index contributed by atoms with van der Waals surface area (Å²) in [5.74, 6) is 0.657. The molecule has 2 aliphatic rings. The molecular weight excluding hydrogens is 420 g/mol. The Hall–Kier alpha value is -2.71. The Balaban J connectivity index is 1.59. The van der Waals surface area contributed by atoms with E-state index in [2.05, 4.69) is 45.9 Å². The van der Waals surface area contributed by atoms with Gasteiger partial charge in [-0.3, -0.25) is 0 Å².